The summed E-state index contributed by atoms with van der Waals surface area (Å²) in [6.45, 7) is 5.05. The molecule has 38 heavy (non-hydrogen) atoms. The number of carbonyl (C=O) groups excluding carboxylic acids is 1. The van der Waals surface area contributed by atoms with Crippen LogP contribution in [0.25, 0.3) is 27.9 Å². The Morgan fingerprint density at radius 1 is 1.29 bits per heavy atom. The number of carbonyl (C=O) groups is 1. The van der Waals surface area contributed by atoms with Gasteiger partial charge in [0.2, 0.25) is 0 Å². The maximum absolute atomic E-state index is 11.9. The van der Waals surface area contributed by atoms with E-state index in [0.29, 0.717) is 22.9 Å². The first-order valence-electron chi connectivity index (χ1n) is 11.7. The molecular formula is C25H29N5O7S. The van der Waals surface area contributed by atoms with Crippen molar-refractivity contribution in [3.05, 3.63) is 54.1 Å². The van der Waals surface area contributed by atoms with Crippen LogP contribution in [0.5, 0.6) is 0 Å². The third kappa shape index (κ3) is 5.61. The van der Waals surface area contributed by atoms with Gasteiger partial charge in [-0.1, -0.05) is 24.3 Å². The second-order valence-electron chi connectivity index (χ2n) is 8.87. The van der Waals surface area contributed by atoms with E-state index in [2.05, 4.69) is 21.2 Å². The van der Waals surface area contributed by atoms with Crippen LogP contribution in [0, 0.1) is 5.92 Å². The van der Waals surface area contributed by atoms with E-state index in [-0.39, 0.29) is 13.0 Å². The summed E-state index contributed by atoms with van der Waals surface area (Å²) in [7, 11) is -2.85. The number of nitrogens with two attached hydrogens (primary N) is 1. The number of hydrogen-bond donors (Lipinski definition) is 4. The van der Waals surface area contributed by atoms with Gasteiger partial charge < -0.3 is 20.3 Å². The van der Waals surface area contributed by atoms with Gasteiger partial charge in [0, 0.05) is 17.5 Å². The van der Waals surface area contributed by atoms with Gasteiger partial charge in [-0.05, 0) is 49.0 Å². The Labute approximate surface area is 219 Å². The van der Waals surface area contributed by atoms with Crippen molar-refractivity contribution in [1.29, 1.82) is 0 Å². The highest BCUT2D eigenvalue weighted by atomic mass is 32.2. The van der Waals surface area contributed by atoms with E-state index < -0.39 is 40.4 Å². The van der Waals surface area contributed by atoms with Crippen molar-refractivity contribution in [3.8, 4) is 11.3 Å². The molecule has 1 aliphatic rings. The van der Waals surface area contributed by atoms with Gasteiger partial charge in [0.05, 0.1) is 37.1 Å². The number of methoxy groups -OCH3 is 1. The molecule has 13 heteroatoms. The summed E-state index contributed by atoms with van der Waals surface area (Å²) in [5.41, 5.74) is 1.83. The number of nitrogens with one attached hydrogen (secondary N) is 1. The molecule has 1 heterocycles. The van der Waals surface area contributed by atoms with E-state index in [1.54, 1.807) is 31.2 Å². The first-order valence-corrected chi connectivity index (χ1v) is 13.2. The number of allylic oxidation sites excluding steroid dienone is 1. The smallest absolute Gasteiger partial charge is 0.337 e. The molecule has 0 amide bonds. The number of aliphatic hydroxyl groups excluding tert-OH is 2. The highest BCUT2D eigenvalue weighted by molar-refractivity contribution is 7.84. The Hall–Kier alpha value is -3.62. The van der Waals surface area contributed by atoms with E-state index in [9.17, 15) is 23.4 Å². The number of ether oxygens (including phenoxy) is 1. The topological polar surface area (TPSA) is 178 Å². The van der Waals surface area contributed by atoms with Crippen LogP contribution in [0.3, 0.4) is 0 Å². The van der Waals surface area contributed by atoms with Gasteiger partial charge in [0.1, 0.15) is 11.9 Å². The van der Waals surface area contributed by atoms with E-state index in [1.807, 2.05) is 24.3 Å². The SMILES string of the molecule is C=Nc1cc(-c2cccc3cc(C(=O)OC)ccc23)nn1/C(=C\C)N[C@@H]1C[C@H](COS(N)(=O)=O)[C@@H](O)[C@H]1O. The number of esters is 1. The average molecular weight is 544 g/mol. The molecular weight excluding hydrogens is 514 g/mol. The van der Waals surface area contributed by atoms with Gasteiger partial charge >= 0.3 is 16.3 Å². The molecule has 202 valence electrons. The number of aliphatic imine (C=N–C) groups is 1. The largest absolute Gasteiger partial charge is 0.465 e. The Morgan fingerprint density at radius 3 is 2.71 bits per heavy atom. The van der Waals surface area contributed by atoms with Gasteiger partial charge in [0.15, 0.2) is 5.82 Å². The van der Waals surface area contributed by atoms with Gasteiger partial charge in [-0.3, -0.25) is 4.18 Å². The summed E-state index contributed by atoms with van der Waals surface area (Å²) < 4.78 is 33.2. The molecule has 4 rings (SSSR count). The normalized spacial score (nSPS) is 22.0. The Kier molecular flexibility index (Phi) is 7.94. The van der Waals surface area contributed by atoms with Crippen LogP contribution in [0.4, 0.5) is 5.82 Å². The van der Waals surface area contributed by atoms with Crippen molar-refractivity contribution in [3.63, 3.8) is 0 Å². The fourth-order valence-corrected chi connectivity index (χ4v) is 4.98. The lowest BCUT2D eigenvalue weighted by atomic mass is 10.0. The molecule has 0 radical (unpaired) electrons. The second kappa shape index (κ2) is 11.0. The molecule has 12 nitrogen and oxygen atoms in total. The van der Waals surface area contributed by atoms with Crippen molar-refractivity contribution < 1.29 is 32.3 Å². The van der Waals surface area contributed by atoms with Gasteiger partial charge in [-0.15, -0.1) is 0 Å². The quantitative estimate of drug-likeness (QED) is 0.230. The summed E-state index contributed by atoms with van der Waals surface area (Å²) in [6.07, 6.45) is -0.476. The number of hydrogen-bond acceptors (Lipinski definition) is 10. The summed E-state index contributed by atoms with van der Waals surface area (Å²) in [5, 5.41) is 35.4. The fourth-order valence-electron chi connectivity index (χ4n) is 4.62. The minimum absolute atomic E-state index is 0.214. The highest BCUT2D eigenvalue weighted by Gasteiger charge is 2.42. The first-order chi connectivity index (χ1) is 18.1. The standard InChI is InChI=1S/C25H29N5O7S/c1-4-21(28-20-11-16(23(31)24(20)32)13-37-38(26,34)35)30-22(27-2)12-19(29-30)18-7-5-6-14-10-15(25(33)36-3)8-9-17(14)18/h4-10,12,16,20,23-24,28,31-32H,2,11,13H2,1,3H3,(H2,26,34,35)/b21-4-/t16-,20-,23-,24+/m1/s1. The van der Waals surface area contributed by atoms with Crippen LogP contribution in [0.2, 0.25) is 0 Å². The predicted molar refractivity (Wildman–Crippen MR) is 142 cm³/mol. The molecule has 5 N–H and O–H groups in total. The van der Waals surface area contributed by atoms with Crippen LogP contribution >= 0.6 is 0 Å². The molecule has 1 saturated carbocycles. The molecule has 2 aromatic carbocycles. The average Bonchev–Trinajstić information content (AvgIpc) is 3.45. The van der Waals surface area contributed by atoms with Crippen molar-refractivity contribution in [2.45, 2.75) is 31.6 Å². The lowest BCUT2D eigenvalue weighted by Gasteiger charge is -2.21. The zero-order valence-electron chi connectivity index (χ0n) is 20.8. The van der Waals surface area contributed by atoms with Gasteiger partial charge in [-0.25, -0.2) is 14.9 Å². The zero-order chi connectivity index (χ0) is 27.6. The number of aromatic nitrogens is 2. The van der Waals surface area contributed by atoms with Gasteiger partial charge in [0.25, 0.3) is 0 Å². The van der Waals surface area contributed by atoms with Crippen LogP contribution in [0.15, 0.2) is 53.5 Å². The maximum Gasteiger partial charge on any atom is 0.337 e. The van der Waals surface area contributed by atoms with E-state index in [4.69, 9.17) is 15.0 Å². The molecule has 3 aromatic rings. The first kappa shape index (κ1) is 27.4. The minimum Gasteiger partial charge on any atom is -0.465 e. The number of benzene rings is 2. The molecule has 4 atom stereocenters. The number of aliphatic hydroxyl groups is 2. The summed E-state index contributed by atoms with van der Waals surface area (Å²) in [5.74, 6) is -0.196. The van der Waals surface area contributed by atoms with Crippen molar-refractivity contribution >= 4 is 45.4 Å². The third-order valence-corrected chi connectivity index (χ3v) is 6.98. The van der Waals surface area contributed by atoms with E-state index in [0.717, 1.165) is 16.3 Å². The van der Waals surface area contributed by atoms with E-state index in [1.165, 1.54) is 11.8 Å². The lowest BCUT2D eigenvalue weighted by Crippen LogP contribution is -2.40. The van der Waals surface area contributed by atoms with Crippen LogP contribution in [-0.2, 0) is 19.2 Å². The summed E-state index contributed by atoms with van der Waals surface area (Å²) >= 11 is 0. The fraction of sp³-hybridized carbons (Fsp3) is 0.320. The van der Waals surface area contributed by atoms with E-state index >= 15 is 0 Å². The molecule has 1 aromatic heterocycles. The van der Waals surface area contributed by atoms with Crippen molar-refractivity contribution in [2.24, 2.45) is 16.0 Å². The van der Waals surface area contributed by atoms with Crippen LogP contribution in [0.1, 0.15) is 23.7 Å². The van der Waals surface area contributed by atoms with Crippen molar-refractivity contribution in [2.75, 3.05) is 13.7 Å². The number of nitrogens with zero attached hydrogens (tertiary/aromatic N) is 3. The molecule has 1 aliphatic carbocycles. The molecule has 0 saturated heterocycles. The molecule has 0 aliphatic heterocycles. The predicted octanol–water partition coefficient (Wildman–Crippen LogP) is 1.56. The molecule has 0 unspecified atom stereocenters. The Bertz CT molecular complexity index is 1500. The third-order valence-electron chi connectivity index (χ3n) is 6.51. The minimum atomic E-state index is -4.18. The lowest BCUT2D eigenvalue weighted by molar-refractivity contribution is 0.00412. The maximum atomic E-state index is 11.9. The van der Waals surface area contributed by atoms with Crippen molar-refractivity contribution in [1.82, 2.24) is 15.1 Å². The summed E-state index contributed by atoms with van der Waals surface area (Å²) in [4.78, 5) is 16.0. The molecule has 0 bridgehead atoms. The second-order valence-corrected chi connectivity index (χ2v) is 10.1. The van der Waals surface area contributed by atoms with Crippen LogP contribution < -0.4 is 10.5 Å². The highest BCUT2D eigenvalue weighted by Crippen LogP contribution is 2.33. The monoisotopic (exact) mass is 543 g/mol. The Balaban J connectivity index is 1.62. The number of rotatable bonds is 9. The zero-order valence-corrected chi connectivity index (χ0v) is 21.6. The number of fused-ring (bicyclic) bond motifs is 1. The Morgan fingerprint density at radius 2 is 2.05 bits per heavy atom. The summed E-state index contributed by atoms with van der Waals surface area (Å²) in [6, 6.07) is 12.0. The van der Waals surface area contributed by atoms with Crippen LogP contribution in [-0.4, -0.2) is 73.1 Å². The van der Waals surface area contributed by atoms with Gasteiger partial charge in [-0.2, -0.15) is 18.2 Å². The molecule has 0 spiro atoms. The molecule has 1 fully saturated rings.